The van der Waals surface area contributed by atoms with Crippen LogP contribution in [0.4, 0.5) is 10.1 Å². The number of nitrogen functional groups attached to an aromatic ring is 1. The summed E-state index contributed by atoms with van der Waals surface area (Å²) in [6.07, 6.45) is 1.40. The van der Waals surface area contributed by atoms with E-state index in [4.69, 9.17) is 5.73 Å². The summed E-state index contributed by atoms with van der Waals surface area (Å²) in [5, 5.41) is 1.03. The molecule has 5 nitrogen and oxygen atoms in total. The van der Waals surface area contributed by atoms with Gasteiger partial charge in [0.2, 0.25) is 0 Å². The van der Waals surface area contributed by atoms with Crippen molar-refractivity contribution in [1.29, 1.82) is 0 Å². The van der Waals surface area contributed by atoms with E-state index in [1.54, 1.807) is 6.07 Å². The molecule has 3 aromatic rings. The highest BCUT2D eigenvalue weighted by molar-refractivity contribution is 5.86. The molecule has 0 radical (unpaired) electrons. The Labute approximate surface area is 138 Å². The third-order valence-electron chi connectivity index (χ3n) is 4.52. The van der Waals surface area contributed by atoms with Crippen molar-refractivity contribution >= 4 is 16.6 Å². The molecule has 6 heteroatoms. The number of pyridine rings is 1. The first-order valence-corrected chi connectivity index (χ1v) is 8.05. The molecule has 1 saturated heterocycles. The monoisotopic (exact) mass is 326 g/mol. The number of hydrogen-bond acceptors (Lipinski definition) is 3. The minimum absolute atomic E-state index is 0.179. The van der Waals surface area contributed by atoms with Gasteiger partial charge in [0.25, 0.3) is 5.56 Å². The topological polar surface area (TPSA) is 77.9 Å². The Kier molecular flexibility index (Phi) is 3.61. The highest BCUT2D eigenvalue weighted by atomic mass is 19.1. The zero-order chi connectivity index (χ0) is 16.7. The lowest BCUT2D eigenvalue weighted by molar-refractivity contribution is 0.282. The summed E-state index contributed by atoms with van der Waals surface area (Å²) < 4.78 is 13.3. The number of aromatic nitrogens is 2. The van der Waals surface area contributed by atoms with E-state index in [-0.39, 0.29) is 5.56 Å². The molecular weight excluding hydrogens is 307 g/mol. The Morgan fingerprint density at radius 3 is 2.96 bits per heavy atom. The zero-order valence-electron chi connectivity index (χ0n) is 13.2. The van der Waals surface area contributed by atoms with Gasteiger partial charge in [-0.3, -0.25) is 9.69 Å². The van der Waals surface area contributed by atoms with Crippen molar-refractivity contribution in [1.82, 2.24) is 14.9 Å². The molecule has 0 unspecified atom stereocenters. The van der Waals surface area contributed by atoms with Crippen molar-refractivity contribution in [3.63, 3.8) is 0 Å². The van der Waals surface area contributed by atoms with Crippen molar-refractivity contribution in [2.75, 3.05) is 18.8 Å². The predicted molar refractivity (Wildman–Crippen MR) is 93.6 cm³/mol. The van der Waals surface area contributed by atoms with Gasteiger partial charge in [0.05, 0.1) is 11.3 Å². The van der Waals surface area contributed by atoms with Gasteiger partial charge in [-0.15, -0.1) is 0 Å². The smallest absolute Gasteiger partial charge is 0.257 e. The van der Waals surface area contributed by atoms with Gasteiger partial charge in [-0.2, -0.15) is 0 Å². The van der Waals surface area contributed by atoms with Gasteiger partial charge in [0, 0.05) is 42.4 Å². The number of anilines is 1. The van der Waals surface area contributed by atoms with Crippen molar-refractivity contribution < 1.29 is 4.39 Å². The summed E-state index contributed by atoms with van der Waals surface area (Å²) in [5.41, 5.74) is 9.46. The van der Waals surface area contributed by atoms with Crippen molar-refractivity contribution in [3.8, 4) is 11.3 Å². The van der Waals surface area contributed by atoms with Gasteiger partial charge in [-0.05, 0) is 36.2 Å². The number of likely N-dealkylation sites (tertiary alicyclic amines) is 1. The molecule has 0 aliphatic carbocycles. The van der Waals surface area contributed by atoms with Crippen LogP contribution in [0.2, 0.25) is 0 Å². The van der Waals surface area contributed by atoms with E-state index in [9.17, 15) is 9.18 Å². The number of fused-ring (bicyclic) bond motifs is 1. The van der Waals surface area contributed by atoms with Crippen LogP contribution in [0.5, 0.6) is 0 Å². The molecule has 0 saturated carbocycles. The number of halogens is 1. The second-order valence-corrected chi connectivity index (χ2v) is 6.40. The van der Waals surface area contributed by atoms with Gasteiger partial charge in [-0.1, -0.05) is 6.07 Å². The number of rotatable bonds is 3. The van der Waals surface area contributed by atoms with Crippen LogP contribution in [0.3, 0.4) is 0 Å². The predicted octanol–water partition coefficient (Wildman–Crippen LogP) is 2.65. The van der Waals surface area contributed by atoms with Gasteiger partial charge in [0.1, 0.15) is 6.17 Å². The summed E-state index contributed by atoms with van der Waals surface area (Å²) in [6.45, 7) is 2.06. The maximum Gasteiger partial charge on any atom is 0.257 e. The number of hydrogen-bond donors (Lipinski definition) is 3. The van der Waals surface area contributed by atoms with E-state index in [1.807, 2.05) is 18.2 Å². The molecule has 3 heterocycles. The van der Waals surface area contributed by atoms with E-state index in [0.29, 0.717) is 24.2 Å². The number of aromatic amines is 2. The van der Waals surface area contributed by atoms with E-state index < -0.39 is 6.17 Å². The highest BCUT2D eigenvalue weighted by Crippen LogP contribution is 2.25. The summed E-state index contributed by atoms with van der Waals surface area (Å²) in [6, 6.07) is 9.73. The van der Waals surface area contributed by atoms with Crippen LogP contribution in [0.15, 0.2) is 41.3 Å². The summed E-state index contributed by atoms with van der Waals surface area (Å²) in [4.78, 5) is 20.0. The maximum atomic E-state index is 13.3. The Bertz CT molecular complexity index is 946. The largest absolute Gasteiger partial charge is 0.398 e. The molecule has 1 atom stereocenters. The van der Waals surface area contributed by atoms with Gasteiger partial charge in [0.15, 0.2) is 0 Å². The molecule has 1 aliphatic rings. The first-order chi connectivity index (χ1) is 11.6. The quantitative estimate of drug-likeness (QED) is 0.692. The molecule has 4 rings (SSSR count). The molecule has 0 spiro atoms. The molecule has 2 aromatic heterocycles. The zero-order valence-corrected chi connectivity index (χ0v) is 13.2. The Morgan fingerprint density at radius 1 is 1.29 bits per heavy atom. The fourth-order valence-corrected chi connectivity index (χ4v) is 3.31. The van der Waals surface area contributed by atoms with Crippen LogP contribution in [0.25, 0.3) is 22.2 Å². The number of H-pyrrole nitrogens is 2. The fraction of sp³-hybridized carbons (Fsp3) is 0.278. The van der Waals surface area contributed by atoms with Crippen LogP contribution in [0.1, 0.15) is 12.0 Å². The van der Waals surface area contributed by atoms with Crippen LogP contribution < -0.4 is 11.3 Å². The molecule has 1 fully saturated rings. The number of alkyl halides is 1. The van der Waals surface area contributed by atoms with Gasteiger partial charge in [-0.25, -0.2) is 4.39 Å². The first-order valence-electron chi connectivity index (χ1n) is 8.05. The second-order valence-electron chi connectivity index (χ2n) is 6.40. The number of benzene rings is 1. The number of nitrogens with two attached hydrogens (primary N) is 1. The van der Waals surface area contributed by atoms with E-state index >= 15 is 0 Å². The van der Waals surface area contributed by atoms with E-state index in [2.05, 4.69) is 20.9 Å². The minimum atomic E-state index is -0.706. The normalized spacial score (nSPS) is 18.5. The van der Waals surface area contributed by atoms with Gasteiger partial charge < -0.3 is 15.7 Å². The number of nitrogens with one attached hydrogen (secondary N) is 2. The lowest BCUT2D eigenvalue weighted by atomic mass is 10.1. The maximum absolute atomic E-state index is 13.3. The molecule has 4 N–H and O–H groups in total. The fourth-order valence-electron chi connectivity index (χ4n) is 3.31. The van der Waals surface area contributed by atoms with Crippen LogP contribution in [-0.4, -0.2) is 34.1 Å². The van der Waals surface area contributed by atoms with Gasteiger partial charge >= 0.3 is 0 Å². The second kappa shape index (κ2) is 5.79. The van der Waals surface area contributed by atoms with E-state index in [0.717, 1.165) is 35.2 Å². The third kappa shape index (κ3) is 2.80. The highest BCUT2D eigenvalue weighted by Gasteiger charge is 2.21. The minimum Gasteiger partial charge on any atom is -0.398 e. The number of nitrogens with zero attached hydrogens (tertiary/aromatic N) is 1. The lowest BCUT2D eigenvalue weighted by Crippen LogP contribution is -2.20. The van der Waals surface area contributed by atoms with Crippen molar-refractivity contribution in [3.05, 3.63) is 52.4 Å². The van der Waals surface area contributed by atoms with E-state index in [1.165, 1.54) is 6.20 Å². The average Bonchev–Trinajstić information content (AvgIpc) is 3.15. The SMILES string of the molecule is Nc1c[nH]c(=O)c(-c2cc3cc(CN4CC[C@H](F)C4)ccc3[nH]2)c1. The van der Waals surface area contributed by atoms with Crippen LogP contribution in [-0.2, 0) is 6.54 Å². The molecule has 0 amide bonds. The average molecular weight is 326 g/mol. The molecular formula is C18H19FN4O. The summed E-state index contributed by atoms with van der Waals surface area (Å²) >= 11 is 0. The Balaban J connectivity index is 1.66. The first kappa shape index (κ1) is 15.0. The summed E-state index contributed by atoms with van der Waals surface area (Å²) in [7, 11) is 0. The molecule has 24 heavy (non-hydrogen) atoms. The third-order valence-corrected chi connectivity index (χ3v) is 4.52. The summed E-state index contributed by atoms with van der Waals surface area (Å²) in [5.74, 6) is 0. The molecule has 1 aliphatic heterocycles. The van der Waals surface area contributed by atoms with Crippen LogP contribution >= 0.6 is 0 Å². The molecule has 124 valence electrons. The molecule has 1 aromatic carbocycles. The Hall–Kier alpha value is -2.60. The van der Waals surface area contributed by atoms with Crippen molar-refractivity contribution in [2.24, 2.45) is 0 Å². The van der Waals surface area contributed by atoms with Crippen LogP contribution in [0, 0.1) is 0 Å². The standard InChI is InChI=1S/C18H19FN4O/c19-13-3-4-23(10-13)9-11-1-2-16-12(5-11)6-17(22-16)15-7-14(20)8-21-18(15)24/h1-2,5-8,13,22H,3-4,9-10,20H2,(H,21,24)/t13-/m0/s1. The lowest BCUT2D eigenvalue weighted by Gasteiger charge is -2.14. The Morgan fingerprint density at radius 2 is 2.17 bits per heavy atom. The molecule has 0 bridgehead atoms. The van der Waals surface area contributed by atoms with Crippen molar-refractivity contribution in [2.45, 2.75) is 19.1 Å².